The normalized spacial score (nSPS) is 20.4. The number of carbonyl (C=O) groups excluding carboxylic acids is 1. The average Bonchev–Trinajstić information content (AvgIpc) is 2.74. The lowest BCUT2D eigenvalue weighted by Gasteiger charge is -2.34. The summed E-state index contributed by atoms with van der Waals surface area (Å²) < 4.78 is 16.7. The molecule has 0 saturated carbocycles. The number of carbonyl (C=O) groups is 1. The minimum absolute atomic E-state index is 0. The standard InChI is InChI=1S/C23H44N4O4.HI/c1-23(2,3)31-22(28)27-13-5-7-19(17-27)8-12-26-21(24-4)25-11-6-14-30-18-20-9-15-29-16-10-20;/h19-20H,5-18H2,1-4H3,(H2,24,25,26);1H. The van der Waals surface area contributed by atoms with Crippen molar-refractivity contribution in [2.45, 2.75) is 64.9 Å². The van der Waals surface area contributed by atoms with Crippen molar-refractivity contribution in [2.75, 3.05) is 59.7 Å². The first-order valence-electron chi connectivity index (χ1n) is 12.0. The van der Waals surface area contributed by atoms with Crippen LogP contribution in [0.3, 0.4) is 0 Å². The second-order valence-electron chi connectivity index (χ2n) is 9.63. The maximum Gasteiger partial charge on any atom is 0.410 e. The molecule has 8 nitrogen and oxygen atoms in total. The van der Waals surface area contributed by atoms with Crippen LogP contribution in [0.1, 0.15) is 59.3 Å². The fourth-order valence-electron chi connectivity index (χ4n) is 3.95. The number of rotatable bonds is 9. The molecule has 2 fully saturated rings. The number of ether oxygens (including phenoxy) is 3. The number of likely N-dealkylation sites (tertiary alicyclic amines) is 1. The van der Waals surface area contributed by atoms with Crippen LogP contribution in [-0.4, -0.2) is 82.2 Å². The van der Waals surface area contributed by atoms with Crippen LogP contribution in [-0.2, 0) is 14.2 Å². The molecule has 0 spiro atoms. The molecule has 32 heavy (non-hydrogen) atoms. The highest BCUT2D eigenvalue weighted by molar-refractivity contribution is 14.0. The van der Waals surface area contributed by atoms with Gasteiger partial charge in [-0.1, -0.05) is 0 Å². The van der Waals surface area contributed by atoms with Crippen molar-refractivity contribution in [1.29, 1.82) is 0 Å². The van der Waals surface area contributed by atoms with Crippen molar-refractivity contribution in [3.8, 4) is 0 Å². The molecule has 0 aromatic heterocycles. The zero-order chi connectivity index (χ0) is 22.5. The molecular formula is C23H45IN4O4. The Morgan fingerprint density at radius 3 is 2.53 bits per heavy atom. The SMILES string of the molecule is CN=C(NCCCOCC1CCOCC1)NCCC1CCCN(C(=O)OC(C)(C)C)C1.I. The van der Waals surface area contributed by atoms with Crippen molar-refractivity contribution in [2.24, 2.45) is 16.8 Å². The fraction of sp³-hybridized carbons (Fsp3) is 0.913. The summed E-state index contributed by atoms with van der Waals surface area (Å²) in [6, 6.07) is 0. The van der Waals surface area contributed by atoms with Gasteiger partial charge in [0.15, 0.2) is 5.96 Å². The van der Waals surface area contributed by atoms with Gasteiger partial charge in [0.1, 0.15) is 5.60 Å². The Morgan fingerprint density at radius 2 is 1.84 bits per heavy atom. The van der Waals surface area contributed by atoms with Gasteiger partial charge in [0.05, 0.1) is 0 Å². The Labute approximate surface area is 211 Å². The first-order valence-corrected chi connectivity index (χ1v) is 12.0. The van der Waals surface area contributed by atoms with Crippen molar-refractivity contribution in [1.82, 2.24) is 15.5 Å². The predicted octanol–water partition coefficient (Wildman–Crippen LogP) is 3.64. The van der Waals surface area contributed by atoms with Crippen LogP contribution in [0.4, 0.5) is 4.79 Å². The van der Waals surface area contributed by atoms with E-state index in [1.54, 1.807) is 7.05 Å². The van der Waals surface area contributed by atoms with E-state index < -0.39 is 5.60 Å². The molecular weight excluding hydrogens is 523 g/mol. The number of hydrogen-bond acceptors (Lipinski definition) is 5. The van der Waals surface area contributed by atoms with E-state index in [9.17, 15) is 4.79 Å². The van der Waals surface area contributed by atoms with Gasteiger partial charge in [-0.2, -0.15) is 0 Å². The van der Waals surface area contributed by atoms with Gasteiger partial charge in [0.2, 0.25) is 0 Å². The number of hydrogen-bond donors (Lipinski definition) is 2. The second kappa shape index (κ2) is 15.9. The third-order valence-corrected chi connectivity index (χ3v) is 5.69. The molecule has 0 aromatic rings. The number of amides is 1. The van der Waals surface area contributed by atoms with Gasteiger partial charge in [-0.15, -0.1) is 24.0 Å². The maximum absolute atomic E-state index is 12.3. The molecule has 2 saturated heterocycles. The van der Waals surface area contributed by atoms with E-state index in [4.69, 9.17) is 14.2 Å². The number of nitrogens with one attached hydrogen (secondary N) is 2. The summed E-state index contributed by atoms with van der Waals surface area (Å²) in [6.45, 7) is 12.3. The lowest BCUT2D eigenvalue weighted by atomic mass is 9.95. The molecule has 1 atom stereocenters. The third kappa shape index (κ3) is 12.4. The number of piperidine rings is 1. The topological polar surface area (TPSA) is 84.4 Å². The molecule has 2 heterocycles. The van der Waals surface area contributed by atoms with Gasteiger partial charge in [-0.25, -0.2) is 4.79 Å². The van der Waals surface area contributed by atoms with E-state index in [0.29, 0.717) is 11.8 Å². The molecule has 2 aliphatic heterocycles. The zero-order valence-electron chi connectivity index (χ0n) is 20.5. The monoisotopic (exact) mass is 568 g/mol. The van der Waals surface area contributed by atoms with Crippen molar-refractivity contribution in [3.63, 3.8) is 0 Å². The minimum Gasteiger partial charge on any atom is -0.444 e. The summed E-state index contributed by atoms with van der Waals surface area (Å²) in [5.74, 6) is 1.97. The van der Waals surface area contributed by atoms with Gasteiger partial charge < -0.3 is 29.7 Å². The summed E-state index contributed by atoms with van der Waals surface area (Å²) in [6.07, 6.45) is 6.19. The van der Waals surface area contributed by atoms with Crippen LogP contribution in [0.15, 0.2) is 4.99 Å². The van der Waals surface area contributed by atoms with Gasteiger partial charge in [0, 0.05) is 59.7 Å². The van der Waals surface area contributed by atoms with E-state index in [0.717, 1.165) is 97.1 Å². The molecule has 9 heteroatoms. The van der Waals surface area contributed by atoms with Crippen molar-refractivity contribution < 1.29 is 19.0 Å². The van der Waals surface area contributed by atoms with Crippen LogP contribution in [0.5, 0.6) is 0 Å². The van der Waals surface area contributed by atoms with Crippen LogP contribution in [0.2, 0.25) is 0 Å². The smallest absolute Gasteiger partial charge is 0.410 e. The van der Waals surface area contributed by atoms with Crippen molar-refractivity contribution >= 4 is 36.0 Å². The van der Waals surface area contributed by atoms with E-state index in [-0.39, 0.29) is 30.1 Å². The minimum atomic E-state index is -0.445. The Balaban J connectivity index is 0.00000512. The molecule has 2 N–H and O–H groups in total. The first-order chi connectivity index (χ1) is 14.9. The van der Waals surface area contributed by atoms with E-state index in [2.05, 4.69) is 15.6 Å². The maximum atomic E-state index is 12.3. The lowest BCUT2D eigenvalue weighted by molar-refractivity contribution is 0.0162. The summed E-state index contributed by atoms with van der Waals surface area (Å²) in [5.41, 5.74) is -0.445. The van der Waals surface area contributed by atoms with Crippen LogP contribution < -0.4 is 10.6 Å². The number of aliphatic imine (C=N–C) groups is 1. The summed E-state index contributed by atoms with van der Waals surface area (Å²) in [4.78, 5) is 18.5. The quantitative estimate of drug-likeness (QED) is 0.191. The Morgan fingerprint density at radius 1 is 1.12 bits per heavy atom. The van der Waals surface area contributed by atoms with E-state index in [1.807, 2.05) is 25.7 Å². The second-order valence-corrected chi connectivity index (χ2v) is 9.63. The molecule has 2 rings (SSSR count). The van der Waals surface area contributed by atoms with Crippen LogP contribution in [0, 0.1) is 11.8 Å². The van der Waals surface area contributed by atoms with E-state index in [1.165, 1.54) is 0 Å². The lowest BCUT2D eigenvalue weighted by Crippen LogP contribution is -2.44. The van der Waals surface area contributed by atoms with Gasteiger partial charge in [-0.05, 0) is 71.1 Å². The number of halogens is 1. The molecule has 0 aliphatic carbocycles. The number of nitrogens with zero attached hydrogens (tertiary/aromatic N) is 2. The number of guanidine groups is 1. The van der Waals surface area contributed by atoms with Gasteiger partial charge in [-0.3, -0.25) is 4.99 Å². The highest BCUT2D eigenvalue weighted by atomic mass is 127. The summed E-state index contributed by atoms with van der Waals surface area (Å²) >= 11 is 0. The van der Waals surface area contributed by atoms with Gasteiger partial charge in [0.25, 0.3) is 0 Å². The molecule has 0 radical (unpaired) electrons. The van der Waals surface area contributed by atoms with Crippen LogP contribution >= 0.6 is 24.0 Å². The van der Waals surface area contributed by atoms with Gasteiger partial charge >= 0.3 is 6.09 Å². The molecule has 1 amide bonds. The molecule has 0 aromatic carbocycles. The largest absolute Gasteiger partial charge is 0.444 e. The zero-order valence-corrected chi connectivity index (χ0v) is 22.8. The fourth-order valence-corrected chi connectivity index (χ4v) is 3.95. The van der Waals surface area contributed by atoms with E-state index >= 15 is 0 Å². The molecule has 2 aliphatic rings. The van der Waals surface area contributed by atoms with Crippen molar-refractivity contribution in [3.05, 3.63) is 0 Å². The van der Waals surface area contributed by atoms with Crippen LogP contribution in [0.25, 0.3) is 0 Å². The highest BCUT2D eigenvalue weighted by Gasteiger charge is 2.27. The molecule has 1 unspecified atom stereocenters. The Kier molecular flexibility index (Phi) is 14.5. The highest BCUT2D eigenvalue weighted by Crippen LogP contribution is 2.21. The Bertz CT molecular complexity index is 551. The summed E-state index contributed by atoms with van der Waals surface area (Å²) in [7, 11) is 1.79. The third-order valence-electron chi connectivity index (χ3n) is 5.69. The molecule has 0 bridgehead atoms. The summed E-state index contributed by atoms with van der Waals surface area (Å²) in [5, 5.41) is 6.74. The predicted molar refractivity (Wildman–Crippen MR) is 139 cm³/mol. The average molecular weight is 569 g/mol. The Hall–Kier alpha value is -0.810. The molecule has 188 valence electrons. The first kappa shape index (κ1) is 29.2.